The zero-order chi connectivity index (χ0) is 17.6. The van der Waals surface area contributed by atoms with Gasteiger partial charge in [-0.2, -0.15) is 0 Å². The van der Waals surface area contributed by atoms with Gasteiger partial charge in [-0.3, -0.25) is 9.59 Å². The number of carbonyl (C=O) groups is 2. The van der Waals surface area contributed by atoms with E-state index in [4.69, 9.17) is 4.74 Å². The Morgan fingerprint density at radius 1 is 1.04 bits per heavy atom. The summed E-state index contributed by atoms with van der Waals surface area (Å²) in [5.41, 5.74) is 1.72. The number of rotatable bonds is 6. The Hall–Kier alpha value is -2.82. The predicted molar refractivity (Wildman–Crippen MR) is 96.4 cm³/mol. The SMILES string of the molecule is COc1ccc(NC(=O)C(=O)N[C@@H](Cc2ccccc2)C2CC2)cc1. The molecule has 130 valence electrons. The van der Waals surface area contributed by atoms with E-state index >= 15 is 0 Å². The van der Waals surface area contributed by atoms with Crippen LogP contribution in [0.25, 0.3) is 0 Å². The lowest BCUT2D eigenvalue weighted by atomic mass is 10.0. The van der Waals surface area contributed by atoms with Gasteiger partial charge >= 0.3 is 11.8 Å². The van der Waals surface area contributed by atoms with Gasteiger partial charge in [0.2, 0.25) is 0 Å². The minimum Gasteiger partial charge on any atom is -0.497 e. The third-order valence-corrected chi connectivity index (χ3v) is 4.36. The van der Waals surface area contributed by atoms with Crippen LogP contribution in [-0.2, 0) is 16.0 Å². The molecule has 1 saturated carbocycles. The van der Waals surface area contributed by atoms with Gasteiger partial charge in [0.05, 0.1) is 7.11 Å². The van der Waals surface area contributed by atoms with E-state index in [1.807, 2.05) is 30.3 Å². The van der Waals surface area contributed by atoms with Crippen LogP contribution in [0.3, 0.4) is 0 Å². The molecule has 2 N–H and O–H groups in total. The van der Waals surface area contributed by atoms with Crippen LogP contribution in [-0.4, -0.2) is 25.0 Å². The standard InChI is InChI=1S/C20H22N2O3/c1-25-17-11-9-16(10-12-17)21-19(23)20(24)22-18(15-7-8-15)13-14-5-3-2-4-6-14/h2-6,9-12,15,18H,7-8,13H2,1H3,(H,21,23)(H,22,24)/t18-/m0/s1. The Morgan fingerprint density at radius 3 is 2.32 bits per heavy atom. The van der Waals surface area contributed by atoms with Crippen LogP contribution in [0.15, 0.2) is 54.6 Å². The van der Waals surface area contributed by atoms with Crippen molar-refractivity contribution in [2.45, 2.75) is 25.3 Å². The Bertz CT molecular complexity index is 724. The van der Waals surface area contributed by atoms with Gasteiger partial charge in [-0.25, -0.2) is 0 Å². The van der Waals surface area contributed by atoms with Crippen LogP contribution < -0.4 is 15.4 Å². The van der Waals surface area contributed by atoms with Gasteiger partial charge in [0.1, 0.15) is 5.75 Å². The monoisotopic (exact) mass is 338 g/mol. The van der Waals surface area contributed by atoms with Gasteiger partial charge in [0.25, 0.3) is 0 Å². The van der Waals surface area contributed by atoms with Crippen molar-refractivity contribution >= 4 is 17.5 Å². The van der Waals surface area contributed by atoms with Crippen LogP contribution in [0.5, 0.6) is 5.75 Å². The maximum Gasteiger partial charge on any atom is 0.313 e. The van der Waals surface area contributed by atoms with Crippen molar-refractivity contribution in [3.63, 3.8) is 0 Å². The second-order valence-corrected chi connectivity index (χ2v) is 6.29. The topological polar surface area (TPSA) is 67.4 Å². The molecule has 1 aliphatic carbocycles. The van der Waals surface area contributed by atoms with Crippen molar-refractivity contribution in [2.24, 2.45) is 5.92 Å². The molecule has 1 fully saturated rings. The Balaban J connectivity index is 1.57. The average molecular weight is 338 g/mol. The van der Waals surface area contributed by atoms with Crippen LogP contribution >= 0.6 is 0 Å². The molecule has 25 heavy (non-hydrogen) atoms. The van der Waals surface area contributed by atoms with Gasteiger partial charge < -0.3 is 15.4 Å². The number of hydrogen-bond donors (Lipinski definition) is 2. The van der Waals surface area contributed by atoms with Gasteiger partial charge in [-0.15, -0.1) is 0 Å². The van der Waals surface area contributed by atoms with Gasteiger partial charge in [-0.1, -0.05) is 30.3 Å². The predicted octanol–water partition coefficient (Wildman–Crippen LogP) is 2.77. The van der Waals surface area contributed by atoms with Gasteiger partial charge in [-0.05, 0) is 55.0 Å². The Labute approximate surface area is 147 Å². The van der Waals surface area contributed by atoms with Crippen molar-refractivity contribution in [1.82, 2.24) is 5.32 Å². The van der Waals surface area contributed by atoms with E-state index in [9.17, 15) is 9.59 Å². The molecular weight excluding hydrogens is 316 g/mol. The number of carbonyl (C=O) groups excluding carboxylic acids is 2. The van der Waals surface area contributed by atoms with Crippen LogP contribution in [0, 0.1) is 5.92 Å². The summed E-state index contributed by atoms with van der Waals surface area (Å²) >= 11 is 0. The van der Waals surface area contributed by atoms with Crippen molar-refractivity contribution < 1.29 is 14.3 Å². The lowest BCUT2D eigenvalue weighted by molar-refractivity contribution is -0.136. The number of anilines is 1. The van der Waals surface area contributed by atoms with Crippen molar-refractivity contribution in [3.8, 4) is 5.75 Å². The molecule has 0 heterocycles. The summed E-state index contributed by atoms with van der Waals surface area (Å²) in [6, 6.07) is 16.9. The normalized spacial score (nSPS) is 14.4. The number of nitrogens with one attached hydrogen (secondary N) is 2. The van der Waals surface area contributed by atoms with Crippen molar-refractivity contribution in [2.75, 3.05) is 12.4 Å². The summed E-state index contributed by atoms with van der Waals surface area (Å²) in [5, 5.41) is 5.51. The van der Waals surface area contributed by atoms with E-state index in [0.717, 1.165) is 24.8 Å². The summed E-state index contributed by atoms with van der Waals surface area (Å²) in [7, 11) is 1.58. The highest BCUT2D eigenvalue weighted by atomic mass is 16.5. The summed E-state index contributed by atoms with van der Waals surface area (Å²) in [6.07, 6.45) is 2.93. The minimum atomic E-state index is -0.649. The molecule has 0 bridgehead atoms. The lowest BCUT2D eigenvalue weighted by Gasteiger charge is -2.18. The second kappa shape index (κ2) is 7.83. The molecule has 0 spiro atoms. The second-order valence-electron chi connectivity index (χ2n) is 6.29. The molecule has 5 heteroatoms. The smallest absolute Gasteiger partial charge is 0.313 e. The first-order chi connectivity index (χ1) is 12.2. The first-order valence-corrected chi connectivity index (χ1v) is 8.45. The third kappa shape index (κ3) is 4.83. The Morgan fingerprint density at radius 2 is 1.72 bits per heavy atom. The zero-order valence-corrected chi connectivity index (χ0v) is 14.2. The molecular formula is C20H22N2O3. The van der Waals surface area contributed by atoms with Gasteiger partial charge in [0, 0.05) is 11.7 Å². The summed E-state index contributed by atoms with van der Waals surface area (Å²) in [6.45, 7) is 0. The molecule has 2 aromatic carbocycles. The van der Waals surface area contributed by atoms with E-state index in [2.05, 4.69) is 10.6 Å². The highest BCUT2D eigenvalue weighted by Gasteiger charge is 2.33. The van der Waals surface area contributed by atoms with E-state index in [1.165, 1.54) is 0 Å². The first kappa shape index (κ1) is 17.0. The van der Waals surface area contributed by atoms with E-state index in [-0.39, 0.29) is 6.04 Å². The van der Waals surface area contributed by atoms with E-state index < -0.39 is 11.8 Å². The first-order valence-electron chi connectivity index (χ1n) is 8.45. The van der Waals surface area contributed by atoms with Crippen molar-refractivity contribution in [3.05, 3.63) is 60.2 Å². The van der Waals surface area contributed by atoms with Crippen LogP contribution in [0.1, 0.15) is 18.4 Å². The fourth-order valence-corrected chi connectivity index (χ4v) is 2.80. The van der Waals surface area contributed by atoms with Crippen molar-refractivity contribution in [1.29, 1.82) is 0 Å². The highest BCUT2D eigenvalue weighted by Crippen LogP contribution is 2.34. The molecule has 2 amide bonds. The third-order valence-electron chi connectivity index (χ3n) is 4.36. The molecule has 0 aromatic heterocycles. The maximum absolute atomic E-state index is 12.3. The van der Waals surface area contributed by atoms with Crippen LogP contribution in [0.2, 0.25) is 0 Å². The molecule has 1 atom stereocenters. The molecule has 5 nitrogen and oxygen atoms in total. The van der Waals surface area contributed by atoms with Crippen LogP contribution in [0.4, 0.5) is 5.69 Å². The van der Waals surface area contributed by atoms with E-state index in [0.29, 0.717) is 17.4 Å². The molecule has 0 unspecified atom stereocenters. The fraction of sp³-hybridized carbons (Fsp3) is 0.300. The number of methoxy groups -OCH3 is 1. The lowest BCUT2D eigenvalue weighted by Crippen LogP contribution is -2.44. The number of hydrogen-bond acceptors (Lipinski definition) is 3. The Kier molecular flexibility index (Phi) is 5.33. The zero-order valence-electron chi connectivity index (χ0n) is 14.2. The molecule has 3 rings (SSSR count). The largest absolute Gasteiger partial charge is 0.497 e. The maximum atomic E-state index is 12.3. The number of benzene rings is 2. The number of amides is 2. The summed E-state index contributed by atoms with van der Waals surface area (Å²) < 4.78 is 5.07. The van der Waals surface area contributed by atoms with E-state index in [1.54, 1.807) is 31.4 Å². The molecule has 0 saturated heterocycles. The molecule has 2 aromatic rings. The molecule has 0 radical (unpaired) electrons. The molecule has 1 aliphatic rings. The molecule has 0 aliphatic heterocycles. The number of ether oxygens (including phenoxy) is 1. The minimum absolute atomic E-state index is 0.00322. The fourth-order valence-electron chi connectivity index (χ4n) is 2.80. The average Bonchev–Trinajstić information content (AvgIpc) is 3.48. The highest BCUT2D eigenvalue weighted by molar-refractivity contribution is 6.39. The van der Waals surface area contributed by atoms with Gasteiger partial charge in [0.15, 0.2) is 0 Å². The summed E-state index contributed by atoms with van der Waals surface area (Å²) in [5.74, 6) is -0.0930. The quantitative estimate of drug-likeness (QED) is 0.796. The summed E-state index contributed by atoms with van der Waals surface area (Å²) in [4.78, 5) is 24.4.